The third kappa shape index (κ3) is 5.85. The van der Waals surface area contributed by atoms with Crippen LogP contribution in [0.25, 0.3) is 0 Å². The second-order valence-electron chi connectivity index (χ2n) is 4.63. The van der Waals surface area contributed by atoms with Crippen LogP contribution in [0.3, 0.4) is 0 Å². The van der Waals surface area contributed by atoms with E-state index in [2.05, 4.69) is 4.74 Å². The van der Waals surface area contributed by atoms with Crippen molar-refractivity contribution >= 4 is 11.9 Å². The van der Waals surface area contributed by atoms with Crippen molar-refractivity contribution in [3.8, 4) is 0 Å². The molecule has 0 unspecified atom stereocenters. The summed E-state index contributed by atoms with van der Waals surface area (Å²) < 4.78 is 46.3. The van der Waals surface area contributed by atoms with E-state index < -0.39 is 35.9 Å². The van der Waals surface area contributed by atoms with Gasteiger partial charge in [0.1, 0.15) is 11.6 Å². The Balaban J connectivity index is 5.00. The molecule has 0 amide bonds. The zero-order valence-electron chi connectivity index (χ0n) is 10.5. The molecule has 0 heterocycles. The molecule has 0 aromatic carbocycles. The Morgan fingerprint density at radius 1 is 1.17 bits per heavy atom. The molecule has 2 atom stereocenters. The molecule has 0 rings (SSSR count). The van der Waals surface area contributed by atoms with Crippen LogP contribution in [0, 0.1) is 0 Å². The second-order valence-corrected chi connectivity index (χ2v) is 4.63. The number of hydrogen-bond donors (Lipinski definition) is 1. The fourth-order valence-corrected chi connectivity index (χ4v) is 0.978. The lowest BCUT2D eigenvalue weighted by Crippen LogP contribution is -2.53. The van der Waals surface area contributed by atoms with Crippen LogP contribution >= 0.6 is 0 Å². The van der Waals surface area contributed by atoms with Crippen LogP contribution in [0.5, 0.6) is 0 Å². The number of nitrogens with two attached hydrogens (primary N) is 1. The first-order chi connectivity index (χ1) is 7.84. The third-order valence-electron chi connectivity index (χ3n) is 1.64. The fraction of sp³-hybridized carbons (Fsp3) is 0.800. The first-order valence-corrected chi connectivity index (χ1v) is 5.07. The van der Waals surface area contributed by atoms with E-state index >= 15 is 0 Å². The molecule has 0 radical (unpaired) electrons. The molecule has 5 nitrogen and oxygen atoms in total. The molecular weight excluding hydrogens is 255 g/mol. The van der Waals surface area contributed by atoms with Gasteiger partial charge >= 0.3 is 18.1 Å². The first kappa shape index (κ1) is 16.7. The Labute approximate surface area is 102 Å². The molecule has 0 spiro atoms. The van der Waals surface area contributed by atoms with Gasteiger partial charge in [-0.05, 0) is 20.8 Å². The Bertz CT molecular complexity index is 322. The minimum absolute atomic E-state index is 0.875. The number of hydrogen-bond acceptors (Lipinski definition) is 5. The summed E-state index contributed by atoms with van der Waals surface area (Å²) in [5.41, 5.74) is 3.85. The number of ether oxygens (including phenoxy) is 2. The van der Waals surface area contributed by atoms with E-state index in [0.29, 0.717) is 0 Å². The van der Waals surface area contributed by atoms with Gasteiger partial charge in [0.15, 0.2) is 0 Å². The molecular formula is C10H16F3NO4. The lowest BCUT2D eigenvalue weighted by Gasteiger charge is -2.27. The third-order valence-corrected chi connectivity index (χ3v) is 1.64. The van der Waals surface area contributed by atoms with Crippen molar-refractivity contribution in [3.05, 3.63) is 0 Å². The quantitative estimate of drug-likeness (QED) is 0.779. The van der Waals surface area contributed by atoms with Gasteiger partial charge < -0.3 is 15.2 Å². The van der Waals surface area contributed by atoms with Gasteiger partial charge in [0.05, 0.1) is 0 Å². The molecule has 0 fully saturated rings. The van der Waals surface area contributed by atoms with E-state index in [0.717, 1.165) is 6.92 Å². The Hall–Kier alpha value is -1.31. The molecule has 18 heavy (non-hydrogen) atoms. The summed E-state index contributed by atoms with van der Waals surface area (Å²) in [7, 11) is 0. The van der Waals surface area contributed by atoms with Crippen molar-refractivity contribution in [1.82, 2.24) is 0 Å². The highest BCUT2D eigenvalue weighted by molar-refractivity contribution is 5.79. The van der Waals surface area contributed by atoms with Crippen molar-refractivity contribution in [1.29, 1.82) is 0 Å². The molecule has 0 aromatic rings. The van der Waals surface area contributed by atoms with Gasteiger partial charge in [-0.3, -0.25) is 4.79 Å². The van der Waals surface area contributed by atoms with E-state index in [1.807, 2.05) is 0 Å². The summed E-state index contributed by atoms with van der Waals surface area (Å²) in [5.74, 6) is -2.38. The largest absolute Gasteiger partial charge is 0.457 e. The summed E-state index contributed by atoms with van der Waals surface area (Å²) in [6, 6.07) is -2.63. The van der Waals surface area contributed by atoms with Crippen LogP contribution in [0.4, 0.5) is 13.2 Å². The summed E-state index contributed by atoms with van der Waals surface area (Å²) in [6.45, 7) is 5.28. The normalized spacial score (nSPS) is 15.8. The molecule has 2 N–H and O–H groups in total. The van der Waals surface area contributed by atoms with E-state index in [1.54, 1.807) is 0 Å². The van der Waals surface area contributed by atoms with Crippen LogP contribution in [0.1, 0.15) is 27.7 Å². The van der Waals surface area contributed by atoms with Gasteiger partial charge in [-0.1, -0.05) is 0 Å². The summed E-state index contributed by atoms with van der Waals surface area (Å²) in [4.78, 5) is 22.2. The highest BCUT2D eigenvalue weighted by Gasteiger charge is 2.48. The standard InChI is InChI=1S/C10H16F3NO4/c1-5(15)17-6(7(14)10(11,12)13)8(16)18-9(2,3)4/h6-7H,14H2,1-4H3/t6-,7-/m1/s1. The van der Waals surface area contributed by atoms with E-state index in [1.165, 1.54) is 20.8 Å². The van der Waals surface area contributed by atoms with Crippen LogP contribution in [0.2, 0.25) is 0 Å². The molecule has 0 bridgehead atoms. The van der Waals surface area contributed by atoms with E-state index in [-0.39, 0.29) is 0 Å². The zero-order chi connectivity index (χ0) is 14.7. The van der Waals surface area contributed by atoms with Gasteiger partial charge in [0.2, 0.25) is 6.10 Å². The monoisotopic (exact) mass is 271 g/mol. The molecule has 0 aliphatic carbocycles. The summed E-state index contributed by atoms with van der Waals surface area (Å²) >= 11 is 0. The van der Waals surface area contributed by atoms with Gasteiger partial charge in [-0.25, -0.2) is 4.79 Å². The molecule has 106 valence electrons. The smallest absolute Gasteiger partial charge is 0.407 e. The number of halogens is 3. The number of rotatable bonds is 3. The predicted molar refractivity (Wildman–Crippen MR) is 55.4 cm³/mol. The minimum Gasteiger partial charge on any atom is -0.457 e. The molecule has 0 saturated carbocycles. The SMILES string of the molecule is CC(=O)O[C@@H](C(=O)OC(C)(C)C)[C@@H](N)C(F)(F)F. The average Bonchev–Trinajstić information content (AvgIpc) is 2.08. The van der Waals surface area contributed by atoms with Crippen molar-refractivity contribution < 1.29 is 32.2 Å². The highest BCUT2D eigenvalue weighted by Crippen LogP contribution is 2.24. The average molecular weight is 271 g/mol. The van der Waals surface area contributed by atoms with Crippen molar-refractivity contribution in [3.63, 3.8) is 0 Å². The lowest BCUT2D eigenvalue weighted by molar-refractivity contribution is -0.201. The van der Waals surface area contributed by atoms with Gasteiger partial charge in [0.25, 0.3) is 0 Å². The van der Waals surface area contributed by atoms with Crippen LogP contribution in [0.15, 0.2) is 0 Å². The Morgan fingerprint density at radius 2 is 1.61 bits per heavy atom. The molecule has 0 aromatic heterocycles. The molecule has 8 heteroatoms. The number of alkyl halides is 3. The fourth-order valence-electron chi connectivity index (χ4n) is 0.978. The van der Waals surface area contributed by atoms with Gasteiger partial charge in [-0.2, -0.15) is 13.2 Å². The second kappa shape index (κ2) is 5.55. The van der Waals surface area contributed by atoms with Crippen molar-refractivity contribution in [2.45, 2.75) is 51.6 Å². The zero-order valence-corrected chi connectivity index (χ0v) is 10.5. The van der Waals surface area contributed by atoms with Crippen molar-refractivity contribution in [2.24, 2.45) is 5.73 Å². The predicted octanol–water partition coefficient (Wildman–Crippen LogP) is 1.15. The van der Waals surface area contributed by atoms with E-state index in [9.17, 15) is 22.8 Å². The summed E-state index contributed by atoms with van der Waals surface area (Å²) in [5, 5.41) is 0. The maximum Gasteiger partial charge on any atom is 0.407 e. The molecule has 0 aliphatic rings. The number of esters is 2. The molecule has 0 aliphatic heterocycles. The van der Waals surface area contributed by atoms with Crippen LogP contribution < -0.4 is 5.73 Å². The Kier molecular flexibility index (Phi) is 5.15. The van der Waals surface area contributed by atoms with Gasteiger partial charge in [0, 0.05) is 6.92 Å². The van der Waals surface area contributed by atoms with Gasteiger partial charge in [-0.15, -0.1) is 0 Å². The van der Waals surface area contributed by atoms with Crippen LogP contribution in [-0.2, 0) is 19.1 Å². The number of carbonyl (C=O) groups excluding carboxylic acids is 2. The van der Waals surface area contributed by atoms with Crippen molar-refractivity contribution in [2.75, 3.05) is 0 Å². The maximum atomic E-state index is 12.4. The number of carbonyl (C=O) groups is 2. The molecule has 0 saturated heterocycles. The highest BCUT2D eigenvalue weighted by atomic mass is 19.4. The minimum atomic E-state index is -4.88. The summed E-state index contributed by atoms with van der Waals surface area (Å²) in [6.07, 6.45) is -7.08. The Morgan fingerprint density at radius 3 is 1.89 bits per heavy atom. The maximum absolute atomic E-state index is 12.4. The van der Waals surface area contributed by atoms with E-state index in [4.69, 9.17) is 10.5 Å². The van der Waals surface area contributed by atoms with Crippen LogP contribution in [-0.4, -0.2) is 35.9 Å². The lowest BCUT2D eigenvalue weighted by atomic mass is 10.1. The first-order valence-electron chi connectivity index (χ1n) is 5.07. The topological polar surface area (TPSA) is 78.6 Å².